The van der Waals surface area contributed by atoms with Crippen LogP contribution in [0.4, 0.5) is 0 Å². The molecule has 0 aliphatic carbocycles. The molecule has 2 heteroatoms. The van der Waals surface area contributed by atoms with Crippen LogP contribution in [-0.4, -0.2) is 10.4 Å². The Labute approximate surface area is 104 Å². The summed E-state index contributed by atoms with van der Waals surface area (Å²) in [6.45, 7) is 2.03. The van der Waals surface area contributed by atoms with Gasteiger partial charge in [0.05, 0.1) is 16.9 Å². The topological polar surface area (TPSA) is 22.0 Å². The average Bonchev–Trinajstić information content (AvgIpc) is 2.87. The van der Waals surface area contributed by atoms with Crippen molar-refractivity contribution < 1.29 is 4.79 Å². The molecular weight excluding hydrogens is 222 g/mol. The maximum Gasteiger partial charge on any atom is 0.212 e. The second kappa shape index (κ2) is 3.10. The van der Waals surface area contributed by atoms with E-state index in [0.717, 1.165) is 33.4 Å². The van der Waals surface area contributed by atoms with Gasteiger partial charge in [0.15, 0.2) is 0 Å². The Bertz CT molecular complexity index is 811. The lowest BCUT2D eigenvalue weighted by atomic mass is 10.1. The first-order valence-corrected chi connectivity index (χ1v) is 6.03. The third-order valence-electron chi connectivity index (χ3n) is 3.73. The van der Waals surface area contributed by atoms with Crippen LogP contribution in [0.1, 0.15) is 21.6 Å². The Morgan fingerprint density at radius 3 is 2.56 bits per heavy atom. The molecule has 18 heavy (non-hydrogen) atoms. The number of fused-ring (bicyclic) bond motifs is 5. The molecule has 0 atom stereocenters. The average molecular weight is 233 g/mol. The summed E-state index contributed by atoms with van der Waals surface area (Å²) >= 11 is 0. The first kappa shape index (κ1) is 9.66. The van der Waals surface area contributed by atoms with Gasteiger partial charge in [-0.05, 0) is 30.7 Å². The molecule has 86 valence electrons. The second-order valence-corrected chi connectivity index (χ2v) is 4.67. The van der Waals surface area contributed by atoms with Crippen LogP contribution >= 0.6 is 0 Å². The van der Waals surface area contributed by atoms with Gasteiger partial charge >= 0.3 is 0 Å². The number of benzene rings is 2. The van der Waals surface area contributed by atoms with Crippen molar-refractivity contribution in [3.63, 3.8) is 0 Å². The number of nitrogens with zero attached hydrogens (tertiary/aromatic N) is 1. The lowest BCUT2D eigenvalue weighted by molar-refractivity contribution is 0.104. The van der Waals surface area contributed by atoms with Crippen molar-refractivity contribution in [2.24, 2.45) is 0 Å². The Hall–Kier alpha value is -2.35. The Morgan fingerprint density at radius 2 is 1.67 bits per heavy atom. The zero-order chi connectivity index (χ0) is 12.3. The van der Waals surface area contributed by atoms with Gasteiger partial charge in [-0.3, -0.25) is 4.79 Å². The van der Waals surface area contributed by atoms with Gasteiger partial charge < -0.3 is 4.57 Å². The van der Waals surface area contributed by atoms with Crippen molar-refractivity contribution in [1.29, 1.82) is 0 Å². The van der Waals surface area contributed by atoms with E-state index in [1.54, 1.807) is 0 Å². The van der Waals surface area contributed by atoms with Crippen LogP contribution in [0.25, 0.3) is 16.6 Å². The Kier molecular flexibility index (Phi) is 1.67. The van der Waals surface area contributed by atoms with Gasteiger partial charge in [0.1, 0.15) is 0 Å². The highest BCUT2D eigenvalue weighted by atomic mass is 16.1. The number of aromatic nitrogens is 1. The lowest BCUT2D eigenvalue weighted by Crippen LogP contribution is -1.97. The summed E-state index contributed by atoms with van der Waals surface area (Å²) in [5.41, 5.74) is 4.82. The zero-order valence-corrected chi connectivity index (χ0v) is 9.97. The molecule has 4 rings (SSSR count). The molecule has 1 aliphatic rings. The fraction of sp³-hybridized carbons (Fsp3) is 0.0625. The second-order valence-electron chi connectivity index (χ2n) is 4.67. The number of ketones is 1. The van der Waals surface area contributed by atoms with Gasteiger partial charge in [-0.1, -0.05) is 30.3 Å². The molecule has 3 aromatic rings. The number of aryl methyl sites for hydroxylation is 1. The normalized spacial score (nSPS) is 12.8. The van der Waals surface area contributed by atoms with Crippen LogP contribution in [0.3, 0.4) is 0 Å². The highest BCUT2D eigenvalue weighted by Gasteiger charge is 2.30. The van der Waals surface area contributed by atoms with E-state index in [-0.39, 0.29) is 5.78 Å². The highest BCUT2D eigenvalue weighted by Crippen LogP contribution is 2.36. The van der Waals surface area contributed by atoms with Gasteiger partial charge in [0, 0.05) is 10.9 Å². The first-order valence-electron chi connectivity index (χ1n) is 6.03. The highest BCUT2D eigenvalue weighted by molar-refractivity contribution is 6.18. The van der Waals surface area contributed by atoms with Crippen molar-refractivity contribution >= 4 is 16.7 Å². The van der Waals surface area contributed by atoms with Crippen molar-refractivity contribution in [2.45, 2.75) is 6.92 Å². The molecule has 0 unspecified atom stereocenters. The number of carbonyl (C=O) groups excluding carboxylic acids is 1. The summed E-state index contributed by atoms with van der Waals surface area (Å²) in [5.74, 6) is 0.138. The molecular formula is C16H11NO. The SMILES string of the molecule is Cc1c2n(c3ccccc13)-c1ccccc1C2=O. The summed E-state index contributed by atoms with van der Waals surface area (Å²) in [4.78, 5) is 12.5. The quantitative estimate of drug-likeness (QED) is 0.455. The molecule has 1 aliphatic heterocycles. The van der Waals surface area contributed by atoms with Crippen LogP contribution in [0.5, 0.6) is 0 Å². The predicted octanol–water partition coefficient (Wildman–Crippen LogP) is 3.48. The summed E-state index contributed by atoms with van der Waals surface area (Å²) < 4.78 is 2.09. The largest absolute Gasteiger partial charge is 0.305 e. The maximum atomic E-state index is 12.5. The maximum absolute atomic E-state index is 12.5. The number of para-hydroxylation sites is 2. The van der Waals surface area contributed by atoms with E-state index in [4.69, 9.17) is 0 Å². The molecule has 0 saturated heterocycles. The minimum absolute atomic E-state index is 0.138. The molecule has 0 radical (unpaired) electrons. The number of carbonyl (C=O) groups is 1. The summed E-state index contributed by atoms with van der Waals surface area (Å²) in [6.07, 6.45) is 0. The monoisotopic (exact) mass is 233 g/mol. The Balaban J connectivity index is 2.26. The van der Waals surface area contributed by atoms with E-state index in [1.165, 1.54) is 0 Å². The summed E-state index contributed by atoms with van der Waals surface area (Å²) in [7, 11) is 0. The van der Waals surface area contributed by atoms with E-state index in [9.17, 15) is 4.79 Å². The van der Waals surface area contributed by atoms with E-state index in [2.05, 4.69) is 16.7 Å². The molecule has 0 saturated carbocycles. The molecule has 0 spiro atoms. The third kappa shape index (κ3) is 0.962. The van der Waals surface area contributed by atoms with Crippen LogP contribution in [0, 0.1) is 6.92 Å². The Morgan fingerprint density at radius 1 is 0.944 bits per heavy atom. The number of hydrogen-bond donors (Lipinski definition) is 0. The van der Waals surface area contributed by atoms with E-state index in [0.29, 0.717) is 0 Å². The van der Waals surface area contributed by atoms with E-state index in [1.807, 2.05) is 43.3 Å². The van der Waals surface area contributed by atoms with Gasteiger partial charge in [-0.15, -0.1) is 0 Å². The molecule has 1 aromatic heterocycles. The van der Waals surface area contributed by atoms with Crippen LogP contribution in [0.2, 0.25) is 0 Å². The number of rotatable bonds is 0. The molecule has 0 fully saturated rings. The standard InChI is InChI=1S/C16H11NO/c1-10-11-6-2-4-8-13(11)17-14-9-5-3-7-12(14)16(18)15(10)17/h2-9H,1H3. The van der Waals surface area contributed by atoms with Crippen LogP contribution < -0.4 is 0 Å². The van der Waals surface area contributed by atoms with Crippen LogP contribution in [0.15, 0.2) is 48.5 Å². The van der Waals surface area contributed by atoms with Gasteiger partial charge in [-0.25, -0.2) is 0 Å². The summed E-state index contributed by atoms with van der Waals surface area (Å²) in [5, 5.41) is 1.16. The van der Waals surface area contributed by atoms with Crippen molar-refractivity contribution in [3.05, 3.63) is 65.4 Å². The fourth-order valence-electron chi connectivity index (χ4n) is 2.91. The van der Waals surface area contributed by atoms with Crippen molar-refractivity contribution in [2.75, 3.05) is 0 Å². The van der Waals surface area contributed by atoms with Crippen molar-refractivity contribution in [1.82, 2.24) is 4.57 Å². The fourth-order valence-corrected chi connectivity index (χ4v) is 2.91. The molecule has 0 N–H and O–H groups in total. The predicted molar refractivity (Wildman–Crippen MR) is 71.4 cm³/mol. The molecule has 0 bridgehead atoms. The van der Waals surface area contributed by atoms with Crippen LogP contribution in [-0.2, 0) is 0 Å². The molecule has 0 amide bonds. The first-order chi connectivity index (χ1) is 8.79. The summed E-state index contributed by atoms with van der Waals surface area (Å²) in [6, 6.07) is 16.0. The van der Waals surface area contributed by atoms with Gasteiger partial charge in [0.2, 0.25) is 5.78 Å². The van der Waals surface area contributed by atoms with Gasteiger partial charge in [0.25, 0.3) is 0 Å². The molecule has 2 heterocycles. The third-order valence-corrected chi connectivity index (χ3v) is 3.73. The molecule has 2 nitrogen and oxygen atoms in total. The van der Waals surface area contributed by atoms with E-state index < -0.39 is 0 Å². The number of hydrogen-bond acceptors (Lipinski definition) is 1. The smallest absolute Gasteiger partial charge is 0.212 e. The lowest BCUT2D eigenvalue weighted by Gasteiger charge is -2.02. The van der Waals surface area contributed by atoms with Crippen molar-refractivity contribution in [3.8, 4) is 5.69 Å². The minimum atomic E-state index is 0.138. The van der Waals surface area contributed by atoms with Gasteiger partial charge in [-0.2, -0.15) is 0 Å². The van der Waals surface area contributed by atoms with E-state index >= 15 is 0 Å². The zero-order valence-electron chi connectivity index (χ0n) is 9.97. The minimum Gasteiger partial charge on any atom is -0.305 e. The molecule has 2 aromatic carbocycles.